The number of ether oxygens (including phenoxy) is 1. The van der Waals surface area contributed by atoms with Gasteiger partial charge in [0.15, 0.2) is 11.5 Å². The molecule has 3 aromatic rings. The largest absolute Gasteiger partial charge is 0.497 e. The fourth-order valence-corrected chi connectivity index (χ4v) is 2.63. The third-order valence-corrected chi connectivity index (χ3v) is 4.09. The first kappa shape index (κ1) is 18.0. The number of aromatic nitrogens is 2. The molecule has 1 heterocycles. The molecule has 2 aromatic carbocycles. The molecule has 0 aliphatic carbocycles. The molecule has 0 fully saturated rings. The van der Waals surface area contributed by atoms with Gasteiger partial charge in [-0.2, -0.15) is 0 Å². The van der Waals surface area contributed by atoms with Gasteiger partial charge in [-0.1, -0.05) is 29.3 Å². The highest BCUT2D eigenvalue weighted by atomic mass is 35.5. The Morgan fingerprint density at radius 1 is 0.962 bits per heavy atom. The third-order valence-electron chi connectivity index (χ3n) is 3.46. The van der Waals surface area contributed by atoms with E-state index in [1.165, 1.54) is 0 Å². The molecule has 1 aromatic heterocycles. The number of halogens is 2. The highest BCUT2D eigenvalue weighted by Crippen LogP contribution is 2.30. The second kappa shape index (κ2) is 8.03. The zero-order valence-corrected chi connectivity index (χ0v) is 15.2. The Kier molecular flexibility index (Phi) is 5.55. The fraction of sp³-hybridized carbons (Fsp3) is 0.0556. The first-order valence-corrected chi connectivity index (χ1v) is 8.32. The van der Waals surface area contributed by atoms with Crippen molar-refractivity contribution in [2.75, 3.05) is 17.7 Å². The van der Waals surface area contributed by atoms with Crippen LogP contribution in [0.25, 0.3) is 0 Å². The van der Waals surface area contributed by atoms with Crippen LogP contribution >= 0.6 is 23.2 Å². The molecular formula is C18H14Cl2N4O2. The zero-order valence-electron chi connectivity index (χ0n) is 13.7. The number of carbonyl (C=O) groups is 1. The second-order valence-corrected chi connectivity index (χ2v) is 6.02. The van der Waals surface area contributed by atoms with Gasteiger partial charge in [-0.05, 0) is 48.5 Å². The number of hydrogen-bond acceptors (Lipinski definition) is 5. The number of anilines is 3. The number of nitrogens with zero attached hydrogens (tertiary/aromatic N) is 2. The van der Waals surface area contributed by atoms with Crippen molar-refractivity contribution in [1.29, 1.82) is 0 Å². The molecule has 6 nitrogen and oxygen atoms in total. The maximum atomic E-state index is 12.3. The van der Waals surface area contributed by atoms with Crippen molar-refractivity contribution in [3.8, 4) is 5.75 Å². The van der Waals surface area contributed by atoms with Crippen LogP contribution in [-0.2, 0) is 0 Å². The summed E-state index contributed by atoms with van der Waals surface area (Å²) in [6.45, 7) is 0. The highest BCUT2D eigenvalue weighted by molar-refractivity contribution is 6.39. The molecule has 2 N–H and O–H groups in total. The Balaban J connectivity index is 1.69. The molecule has 26 heavy (non-hydrogen) atoms. The van der Waals surface area contributed by atoms with Gasteiger partial charge in [-0.15, -0.1) is 10.2 Å². The van der Waals surface area contributed by atoms with Crippen LogP contribution in [0.3, 0.4) is 0 Å². The van der Waals surface area contributed by atoms with Crippen molar-refractivity contribution in [2.45, 2.75) is 0 Å². The monoisotopic (exact) mass is 388 g/mol. The van der Waals surface area contributed by atoms with Gasteiger partial charge in [0.25, 0.3) is 5.91 Å². The van der Waals surface area contributed by atoms with E-state index in [4.69, 9.17) is 27.9 Å². The average molecular weight is 389 g/mol. The average Bonchev–Trinajstić information content (AvgIpc) is 2.66. The lowest BCUT2D eigenvalue weighted by molar-refractivity contribution is 0.102. The zero-order chi connectivity index (χ0) is 18.5. The van der Waals surface area contributed by atoms with Gasteiger partial charge in [0, 0.05) is 5.69 Å². The Hall–Kier alpha value is -2.83. The highest BCUT2D eigenvalue weighted by Gasteiger charge is 2.13. The van der Waals surface area contributed by atoms with Crippen molar-refractivity contribution >= 4 is 46.3 Å². The van der Waals surface area contributed by atoms with E-state index >= 15 is 0 Å². The third kappa shape index (κ3) is 4.22. The number of para-hydroxylation sites is 1. The lowest BCUT2D eigenvalue weighted by Crippen LogP contribution is -2.15. The summed E-state index contributed by atoms with van der Waals surface area (Å²) in [4.78, 5) is 12.3. The summed E-state index contributed by atoms with van der Waals surface area (Å²) in [5, 5.41) is 14.3. The van der Waals surface area contributed by atoms with E-state index in [2.05, 4.69) is 20.8 Å². The molecule has 0 aliphatic rings. The predicted octanol–water partition coefficient (Wildman–Crippen LogP) is 4.79. The summed E-state index contributed by atoms with van der Waals surface area (Å²) in [5.41, 5.74) is 1.30. The summed E-state index contributed by atoms with van der Waals surface area (Å²) < 4.78 is 5.11. The molecule has 0 spiro atoms. The van der Waals surface area contributed by atoms with Gasteiger partial charge in [0.1, 0.15) is 5.75 Å². The first-order valence-electron chi connectivity index (χ1n) is 7.57. The smallest absolute Gasteiger partial charge is 0.276 e. The topological polar surface area (TPSA) is 76.1 Å². The Morgan fingerprint density at radius 2 is 1.65 bits per heavy atom. The number of benzene rings is 2. The quantitative estimate of drug-likeness (QED) is 0.656. The number of hydrogen-bond donors (Lipinski definition) is 2. The minimum absolute atomic E-state index is 0.140. The van der Waals surface area contributed by atoms with Crippen molar-refractivity contribution < 1.29 is 9.53 Å². The standard InChI is InChI=1S/C18H14Cl2N4O2/c1-26-12-7-5-11(6-8-12)21-16-10-9-15(23-24-16)18(25)22-17-13(19)3-2-4-14(17)20/h2-10H,1H3,(H,21,24)(H,22,25). The van der Waals surface area contributed by atoms with E-state index in [9.17, 15) is 4.79 Å². The van der Waals surface area contributed by atoms with Crippen molar-refractivity contribution in [3.63, 3.8) is 0 Å². The van der Waals surface area contributed by atoms with Crippen LogP contribution in [0.5, 0.6) is 5.75 Å². The molecule has 3 rings (SSSR count). The van der Waals surface area contributed by atoms with Crippen LogP contribution in [0.15, 0.2) is 54.6 Å². The molecule has 132 valence electrons. The Morgan fingerprint density at radius 3 is 2.23 bits per heavy atom. The van der Waals surface area contributed by atoms with E-state index in [-0.39, 0.29) is 5.69 Å². The van der Waals surface area contributed by atoms with Crippen molar-refractivity contribution in [1.82, 2.24) is 10.2 Å². The molecule has 0 saturated carbocycles. The lowest BCUT2D eigenvalue weighted by atomic mass is 10.3. The van der Waals surface area contributed by atoms with Crippen LogP contribution in [0.4, 0.5) is 17.2 Å². The van der Waals surface area contributed by atoms with Gasteiger partial charge >= 0.3 is 0 Å². The predicted molar refractivity (Wildman–Crippen MR) is 103 cm³/mol. The van der Waals surface area contributed by atoms with Crippen LogP contribution in [0.2, 0.25) is 10.0 Å². The SMILES string of the molecule is COc1ccc(Nc2ccc(C(=O)Nc3c(Cl)cccc3Cl)nn2)cc1. The first-order chi connectivity index (χ1) is 12.6. The van der Waals surface area contributed by atoms with Gasteiger partial charge in [-0.3, -0.25) is 4.79 Å². The summed E-state index contributed by atoms with van der Waals surface area (Å²) in [6, 6.07) is 15.5. The summed E-state index contributed by atoms with van der Waals surface area (Å²) in [7, 11) is 1.60. The van der Waals surface area contributed by atoms with E-state index in [0.717, 1.165) is 11.4 Å². The van der Waals surface area contributed by atoms with E-state index < -0.39 is 5.91 Å². The van der Waals surface area contributed by atoms with Gasteiger partial charge < -0.3 is 15.4 Å². The van der Waals surface area contributed by atoms with Crippen LogP contribution < -0.4 is 15.4 Å². The van der Waals surface area contributed by atoms with Crippen LogP contribution in [-0.4, -0.2) is 23.2 Å². The number of nitrogens with one attached hydrogen (secondary N) is 2. The maximum absolute atomic E-state index is 12.3. The molecule has 0 saturated heterocycles. The van der Waals surface area contributed by atoms with Gasteiger partial charge in [0.2, 0.25) is 0 Å². The van der Waals surface area contributed by atoms with E-state index in [1.807, 2.05) is 24.3 Å². The minimum atomic E-state index is -0.455. The summed E-state index contributed by atoms with van der Waals surface area (Å²) in [5.74, 6) is 0.804. The molecular weight excluding hydrogens is 375 g/mol. The van der Waals surface area contributed by atoms with E-state index in [1.54, 1.807) is 37.4 Å². The molecule has 0 atom stereocenters. The van der Waals surface area contributed by atoms with Crippen LogP contribution in [0, 0.1) is 0 Å². The second-order valence-electron chi connectivity index (χ2n) is 5.21. The van der Waals surface area contributed by atoms with Crippen LogP contribution in [0.1, 0.15) is 10.5 Å². The maximum Gasteiger partial charge on any atom is 0.276 e. The molecule has 0 aliphatic heterocycles. The number of amides is 1. The molecule has 0 radical (unpaired) electrons. The number of carbonyl (C=O) groups excluding carboxylic acids is 1. The Bertz CT molecular complexity index is 895. The molecule has 1 amide bonds. The number of methoxy groups -OCH3 is 1. The van der Waals surface area contributed by atoms with E-state index in [0.29, 0.717) is 21.6 Å². The van der Waals surface area contributed by atoms with Gasteiger partial charge in [-0.25, -0.2) is 0 Å². The normalized spacial score (nSPS) is 10.3. The number of rotatable bonds is 5. The molecule has 8 heteroatoms. The lowest BCUT2D eigenvalue weighted by Gasteiger charge is -2.09. The fourth-order valence-electron chi connectivity index (χ4n) is 2.14. The summed E-state index contributed by atoms with van der Waals surface area (Å²) in [6.07, 6.45) is 0. The van der Waals surface area contributed by atoms with Crippen molar-refractivity contribution in [3.05, 3.63) is 70.3 Å². The van der Waals surface area contributed by atoms with Crippen molar-refractivity contribution in [2.24, 2.45) is 0 Å². The summed E-state index contributed by atoms with van der Waals surface area (Å²) >= 11 is 12.1. The molecule has 0 bridgehead atoms. The molecule has 0 unspecified atom stereocenters. The Labute approximate surface area is 160 Å². The minimum Gasteiger partial charge on any atom is -0.497 e. The van der Waals surface area contributed by atoms with Gasteiger partial charge in [0.05, 0.1) is 22.8 Å².